The number of rotatable bonds is 14. The molecule has 0 aromatic heterocycles. The van der Waals surface area contributed by atoms with Crippen LogP contribution in [-0.2, 0) is 27.3 Å². The van der Waals surface area contributed by atoms with E-state index in [2.05, 4.69) is 0 Å². The van der Waals surface area contributed by atoms with Crippen LogP contribution in [0.5, 0.6) is 11.5 Å². The Labute approximate surface area is 292 Å². The second-order valence-corrected chi connectivity index (χ2v) is 12.6. The van der Waals surface area contributed by atoms with Gasteiger partial charge in [-0.25, -0.2) is 9.59 Å². The summed E-state index contributed by atoms with van der Waals surface area (Å²) in [5.41, 5.74) is 9.35. The largest absolute Gasteiger partial charge is 0.517 e. The first-order valence-corrected chi connectivity index (χ1v) is 17.0. The summed E-state index contributed by atoms with van der Waals surface area (Å²) in [6.07, 6.45) is 3.65. The van der Waals surface area contributed by atoms with Crippen LogP contribution in [0.4, 0.5) is 15.3 Å². The van der Waals surface area contributed by atoms with Gasteiger partial charge in [0, 0.05) is 30.8 Å². The molecule has 0 atom stereocenters. The molecule has 12 heteroatoms. The fourth-order valence-electron chi connectivity index (χ4n) is 5.80. The number of benzene rings is 3. The first-order valence-electron chi connectivity index (χ1n) is 16.6. The van der Waals surface area contributed by atoms with E-state index in [0.29, 0.717) is 49.2 Å². The Morgan fingerprint density at radius 1 is 1.00 bits per heavy atom. The van der Waals surface area contributed by atoms with Gasteiger partial charge in [0.15, 0.2) is 6.61 Å². The van der Waals surface area contributed by atoms with Crippen molar-refractivity contribution in [3.8, 4) is 22.6 Å². The van der Waals surface area contributed by atoms with Gasteiger partial charge in [-0.05, 0) is 61.8 Å². The number of nitrogens with two attached hydrogens (primary N) is 1. The smallest absolute Gasteiger partial charge is 0.496 e. The van der Waals surface area contributed by atoms with Crippen molar-refractivity contribution in [1.82, 2.24) is 4.90 Å². The molecule has 3 N–H and O–H groups in total. The van der Waals surface area contributed by atoms with E-state index in [9.17, 15) is 19.5 Å². The van der Waals surface area contributed by atoms with Crippen LogP contribution < -0.4 is 20.1 Å². The summed E-state index contributed by atoms with van der Waals surface area (Å²) in [5.74, 6) is 0.381. The van der Waals surface area contributed by atoms with Crippen molar-refractivity contribution < 1.29 is 38.4 Å². The molecule has 0 saturated heterocycles. The molecule has 1 aliphatic rings. The Kier molecular flexibility index (Phi) is 13.7. The normalized spacial score (nSPS) is 13.7. The average molecular weight is 696 g/mol. The van der Waals surface area contributed by atoms with Gasteiger partial charge in [0.25, 0.3) is 5.91 Å². The number of carbonyl (C=O) groups excluding carboxylic acids is 3. The number of unbranched alkanes of at least 4 members (excludes halogenated alkanes) is 1. The van der Waals surface area contributed by atoms with Crippen molar-refractivity contribution in [2.24, 2.45) is 5.73 Å². The van der Waals surface area contributed by atoms with E-state index in [1.54, 1.807) is 11.9 Å². The fourth-order valence-corrected chi connectivity index (χ4v) is 6.05. The quantitative estimate of drug-likeness (QED) is 0.0783. The molecule has 3 aromatic carbocycles. The molecule has 11 nitrogen and oxygen atoms in total. The minimum Gasteiger partial charge on any atom is -0.496 e. The number of hydrogen-bond acceptors (Lipinski definition) is 9. The molecular weight excluding hydrogens is 650 g/mol. The summed E-state index contributed by atoms with van der Waals surface area (Å²) in [4.78, 5) is 42.4. The van der Waals surface area contributed by atoms with Crippen molar-refractivity contribution in [2.45, 2.75) is 70.6 Å². The third kappa shape index (κ3) is 9.87. The number of aliphatic hydroxyl groups is 1. The van der Waals surface area contributed by atoms with Crippen molar-refractivity contribution in [3.63, 3.8) is 0 Å². The first kappa shape index (κ1) is 37.5. The van der Waals surface area contributed by atoms with Gasteiger partial charge in [-0.15, -0.1) is 0 Å². The van der Waals surface area contributed by atoms with Gasteiger partial charge in [-0.3, -0.25) is 9.69 Å². The molecule has 0 aliphatic heterocycles. The highest BCUT2D eigenvalue weighted by Crippen LogP contribution is 2.40. The van der Waals surface area contributed by atoms with E-state index in [0.717, 1.165) is 42.4 Å². The summed E-state index contributed by atoms with van der Waals surface area (Å²) < 4.78 is 21.4. The first-order chi connectivity index (χ1) is 23.6. The van der Waals surface area contributed by atoms with Gasteiger partial charge in [0.1, 0.15) is 11.5 Å². The second kappa shape index (κ2) is 17.9. The molecule has 3 aromatic rings. The van der Waals surface area contributed by atoms with E-state index < -0.39 is 17.9 Å². The molecule has 264 valence electrons. The summed E-state index contributed by atoms with van der Waals surface area (Å²) >= 11 is 6.29. The van der Waals surface area contributed by atoms with Crippen LogP contribution in [0.25, 0.3) is 11.1 Å². The maximum atomic E-state index is 13.9. The summed E-state index contributed by atoms with van der Waals surface area (Å²) in [7, 11) is 3.14. The molecule has 49 heavy (non-hydrogen) atoms. The number of hydrogen-bond donors (Lipinski definition) is 2. The van der Waals surface area contributed by atoms with E-state index in [1.165, 1.54) is 24.1 Å². The van der Waals surface area contributed by atoms with Crippen LogP contribution in [0, 0.1) is 0 Å². The number of aliphatic hydroxyl groups excluding tert-OH is 1. The monoisotopic (exact) mass is 695 g/mol. The molecule has 0 heterocycles. The number of methoxy groups -OCH3 is 1. The highest BCUT2D eigenvalue weighted by molar-refractivity contribution is 6.32. The molecule has 1 fully saturated rings. The molecule has 4 rings (SSSR count). The van der Waals surface area contributed by atoms with Crippen LogP contribution in [0.1, 0.15) is 63.0 Å². The maximum absolute atomic E-state index is 13.9. The van der Waals surface area contributed by atoms with E-state index in [-0.39, 0.29) is 36.5 Å². The zero-order chi connectivity index (χ0) is 35.4. The zero-order valence-corrected chi connectivity index (χ0v) is 29.2. The third-order valence-corrected chi connectivity index (χ3v) is 8.94. The molecular formula is C37H46ClN3O8. The lowest BCUT2D eigenvalue weighted by molar-refractivity contribution is -0.132. The predicted octanol–water partition coefficient (Wildman–Crippen LogP) is 7.09. The Bertz CT molecular complexity index is 1580. The lowest BCUT2D eigenvalue weighted by atomic mass is 9.87. The van der Waals surface area contributed by atoms with Gasteiger partial charge >= 0.3 is 12.2 Å². The van der Waals surface area contributed by atoms with Gasteiger partial charge in [0.05, 0.1) is 36.7 Å². The number of ether oxygens (including phenoxy) is 4. The lowest BCUT2D eigenvalue weighted by Gasteiger charge is -2.43. The minimum atomic E-state index is -1.09. The summed E-state index contributed by atoms with van der Waals surface area (Å²) in [6, 6.07) is 18.4. The molecule has 0 spiro atoms. The van der Waals surface area contributed by atoms with E-state index in [1.807, 2.05) is 55.5 Å². The second-order valence-electron chi connectivity index (χ2n) is 12.1. The van der Waals surface area contributed by atoms with Gasteiger partial charge in [-0.2, -0.15) is 0 Å². The van der Waals surface area contributed by atoms with Crippen LogP contribution in [0.3, 0.4) is 0 Å². The average Bonchev–Trinajstić information content (AvgIpc) is 3.10. The number of amides is 2. The van der Waals surface area contributed by atoms with Crippen molar-refractivity contribution in [3.05, 3.63) is 76.8 Å². The number of anilines is 1. The fraction of sp³-hybridized carbons (Fsp3) is 0.432. The highest BCUT2D eigenvalue weighted by Gasteiger charge is 2.41. The minimum absolute atomic E-state index is 0.148. The predicted molar refractivity (Wildman–Crippen MR) is 188 cm³/mol. The van der Waals surface area contributed by atoms with Gasteiger partial charge in [-0.1, -0.05) is 73.8 Å². The van der Waals surface area contributed by atoms with E-state index >= 15 is 0 Å². The summed E-state index contributed by atoms with van der Waals surface area (Å²) in [6.45, 7) is 1.94. The van der Waals surface area contributed by atoms with Crippen molar-refractivity contribution in [1.29, 1.82) is 0 Å². The number of nitrogens with zero attached hydrogens (tertiary/aromatic N) is 2. The Morgan fingerprint density at radius 3 is 2.41 bits per heavy atom. The van der Waals surface area contributed by atoms with Crippen LogP contribution >= 0.6 is 11.6 Å². The van der Waals surface area contributed by atoms with Crippen LogP contribution in [0.2, 0.25) is 5.02 Å². The topological polar surface area (TPSA) is 141 Å². The van der Waals surface area contributed by atoms with Crippen molar-refractivity contribution >= 4 is 35.4 Å². The Morgan fingerprint density at radius 2 is 1.73 bits per heavy atom. The Hall–Kier alpha value is -4.32. The third-order valence-electron chi connectivity index (χ3n) is 8.64. The van der Waals surface area contributed by atoms with Gasteiger partial charge < -0.3 is 34.7 Å². The standard InChI is InChI=1S/C37H46ClN3O8/c1-4-5-20-47-36(45)49-35(44)41(37(39)17-10-7-11-18-37)31-21-26(14-15-29(31)27-12-8-6-9-13-27)16-19-40(2)34(43)25-48-33-23-32(46-3)28(24-42)22-30(33)38/h6,8-9,12-15,21-23,42H,4-5,7,10-11,16-20,24-25,39H2,1-3H3. The summed E-state index contributed by atoms with van der Waals surface area (Å²) in [5, 5.41) is 9.77. The number of likely N-dealkylation sites (N-methyl/N-ethyl adjacent to an activating group) is 1. The van der Waals surface area contributed by atoms with Gasteiger partial charge in [0.2, 0.25) is 0 Å². The molecule has 1 aliphatic carbocycles. The zero-order valence-electron chi connectivity index (χ0n) is 28.4. The lowest BCUT2D eigenvalue weighted by Crippen LogP contribution is -2.60. The SMILES string of the molecule is CCCCOC(=O)OC(=O)N(c1cc(CCN(C)C(=O)COc2cc(OC)c(CO)cc2Cl)ccc1-c1ccccc1)C1(N)CCCCC1. The van der Waals surface area contributed by atoms with Crippen LogP contribution in [-0.4, -0.2) is 67.7 Å². The molecule has 2 amide bonds. The molecule has 1 saturated carbocycles. The van der Waals surface area contributed by atoms with E-state index in [4.69, 9.17) is 36.3 Å². The van der Waals surface area contributed by atoms with Crippen LogP contribution in [0.15, 0.2) is 60.7 Å². The maximum Gasteiger partial charge on any atom is 0.517 e. The molecule has 0 bridgehead atoms. The van der Waals surface area contributed by atoms with Crippen molar-refractivity contribution in [2.75, 3.05) is 38.8 Å². The molecule has 0 unspecified atom stereocenters. The molecule has 0 radical (unpaired) electrons. The number of carbonyl (C=O) groups is 3. The number of halogens is 1. The highest BCUT2D eigenvalue weighted by atomic mass is 35.5. The Balaban J connectivity index is 1.57.